The van der Waals surface area contributed by atoms with Gasteiger partial charge in [-0.25, -0.2) is 0 Å². The average Bonchev–Trinajstić information content (AvgIpc) is 2.44. The normalized spacial score (nSPS) is 10.6. The van der Waals surface area contributed by atoms with Gasteiger partial charge in [0.1, 0.15) is 11.5 Å². The van der Waals surface area contributed by atoms with E-state index in [2.05, 4.69) is 31.3 Å². The fourth-order valence-electron chi connectivity index (χ4n) is 2.15. The zero-order valence-corrected chi connectivity index (χ0v) is 12.9. The SMILES string of the molecule is CCc1cc(Oc2ccc(C)cc2CNC)ccc1Cl. The predicted octanol–water partition coefficient (Wildman–Crippen LogP) is 4.72. The van der Waals surface area contributed by atoms with Crippen LogP contribution in [0.3, 0.4) is 0 Å². The van der Waals surface area contributed by atoms with Gasteiger partial charge in [-0.15, -0.1) is 0 Å². The first kappa shape index (κ1) is 14.9. The molecule has 0 bridgehead atoms. The Labute approximate surface area is 125 Å². The van der Waals surface area contributed by atoms with Crippen LogP contribution in [-0.4, -0.2) is 7.05 Å². The van der Waals surface area contributed by atoms with Crippen LogP contribution < -0.4 is 10.1 Å². The molecule has 0 atom stereocenters. The number of benzene rings is 2. The molecule has 0 saturated carbocycles. The Hall–Kier alpha value is -1.51. The van der Waals surface area contributed by atoms with Gasteiger partial charge in [0.15, 0.2) is 0 Å². The molecule has 0 aliphatic rings. The second-order valence-electron chi connectivity index (χ2n) is 4.85. The minimum atomic E-state index is 0.783. The number of rotatable bonds is 5. The van der Waals surface area contributed by atoms with E-state index in [0.717, 1.165) is 40.6 Å². The molecule has 2 nitrogen and oxygen atoms in total. The lowest BCUT2D eigenvalue weighted by Gasteiger charge is -2.13. The standard InChI is InChI=1S/C17H20ClNO/c1-4-13-10-15(6-7-16(13)18)20-17-8-5-12(2)9-14(17)11-19-3/h5-10,19H,4,11H2,1-3H3. The van der Waals surface area contributed by atoms with Crippen molar-refractivity contribution in [3.63, 3.8) is 0 Å². The van der Waals surface area contributed by atoms with E-state index in [1.54, 1.807) is 0 Å². The minimum Gasteiger partial charge on any atom is -0.457 e. The summed E-state index contributed by atoms with van der Waals surface area (Å²) in [6.07, 6.45) is 0.896. The Kier molecular flexibility index (Phi) is 5.05. The summed E-state index contributed by atoms with van der Waals surface area (Å²) in [5.41, 5.74) is 3.49. The van der Waals surface area contributed by atoms with Crippen molar-refractivity contribution in [1.29, 1.82) is 0 Å². The van der Waals surface area contributed by atoms with E-state index in [-0.39, 0.29) is 0 Å². The Morgan fingerprint density at radius 2 is 1.90 bits per heavy atom. The second-order valence-corrected chi connectivity index (χ2v) is 5.26. The van der Waals surface area contributed by atoms with Gasteiger partial charge >= 0.3 is 0 Å². The van der Waals surface area contributed by atoms with Gasteiger partial charge in [-0.2, -0.15) is 0 Å². The molecule has 2 rings (SSSR count). The summed E-state index contributed by atoms with van der Waals surface area (Å²) < 4.78 is 6.02. The zero-order chi connectivity index (χ0) is 14.5. The van der Waals surface area contributed by atoms with Gasteiger partial charge in [0, 0.05) is 17.1 Å². The zero-order valence-electron chi connectivity index (χ0n) is 12.2. The summed E-state index contributed by atoms with van der Waals surface area (Å²) in [5, 5.41) is 3.96. The summed E-state index contributed by atoms with van der Waals surface area (Å²) in [6.45, 7) is 4.95. The molecule has 0 aromatic heterocycles. The van der Waals surface area contributed by atoms with Crippen LogP contribution in [0, 0.1) is 6.92 Å². The Morgan fingerprint density at radius 3 is 2.60 bits per heavy atom. The Balaban J connectivity index is 2.29. The van der Waals surface area contributed by atoms with Gasteiger partial charge in [0.05, 0.1) is 0 Å². The molecule has 0 heterocycles. The predicted molar refractivity (Wildman–Crippen MR) is 84.8 cm³/mol. The van der Waals surface area contributed by atoms with E-state index in [0.29, 0.717) is 0 Å². The van der Waals surface area contributed by atoms with Crippen LogP contribution >= 0.6 is 11.6 Å². The molecule has 0 amide bonds. The monoisotopic (exact) mass is 289 g/mol. The van der Waals surface area contributed by atoms with Crippen LogP contribution in [-0.2, 0) is 13.0 Å². The van der Waals surface area contributed by atoms with Gasteiger partial charge in [-0.1, -0.05) is 36.2 Å². The summed E-state index contributed by atoms with van der Waals surface area (Å²) in [6, 6.07) is 12.0. The maximum Gasteiger partial charge on any atom is 0.131 e. The lowest BCUT2D eigenvalue weighted by Crippen LogP contribution is -2.06. The molecular formula is C17H20ClNO. The molecule has 0 unspecified atom stereocenters. The molecule has 0 aliphatic carbocycles. The summed E-state index contributed by atoms with van der Waals surface area (Å²) in [7, 11) is 1.93. The van der Waals surface area contributed by atoms with Crippen molar-refractivity contribution >= 4 is 11.6 Å². The highest BCUT2D eigenvalue weighted by molar-refractivity contribution is 6.31. The van der Waals surface area contributed by atoms with Crippen LogP contribution in [0.1, 0.15) is 23.6 Å². The van der Waals surface area contributed by atoms with Crippen LogP contribution in [0.5, 0.6) is 11.5 Å². The van der Waals surface area contributed by atoms with Crippen molar-refractivity contribution in [1.82, 2.24) is 5.32 Å². The van der Waals surface area contributed by atoms with E-state index in [9.17, 15) is 0 Å². The van der Waals surface area contributed by atoms with E-state index in [1.165, 1.54) is 5.56 Å². The van der Waals surface area contributed by atoms with E-state index < -0.39 is 0 Å². The van der Waals surface area contributed by atoms with E-state index in [1.807, 2.05) is 31.3 Å². The largest absolute Gasteiger partial charge is 0.457 e. The van der Waals surface area contributed by atoms with Crippen molar-refractivity contribution < 1.29 is 4.74 Å². The molecule has 0 spiro atoms. The maximum atomic E-state index is 6.14. The fraction of sp³-hybridized carbons (Fsp3) is 0.294. The maximum absolute atomic E-state index is 6.14. The van der Waals surface area contributed by atoms with Crippen LogP contribution in [0.25, 0.3) is 0 Å². The number of nitrogens with one attached hydrogen (secondary N) is 1. The molecule has 0 radical (unpaired) electrons. The third-order valence-corrected chi connectivity index (χ3v) is 3.58. The lowest BCUT2D eigenvalue weighted by molar-refractivity contribution is 0.473. The molecule has 0 saturated heterocycles. The van der Waals surface area contributed by atoms with Gasteiger partial charge < -0.3 is 10.1 Å². The first-order valence-electron chi connectivity index (χ1n) is 6.84. The first-order chi connectivity index (χ1) is 9.63. The van der Waals surface area contributed by atoms with Gasteiger partial charge in [-0.3, -0.25) is 0 Å². The molecule has 20 heavy (non-hydrogen) atoms. The van der Waals surface area contributed by atoms with Gasteiger partial charge in [0.25, 0.3) is 0 Å². The van der Waals surface area contributed by atoms with E-state index >= 15 is 0 Å². The fourth-order valence-corrected chi connectivity index (χ4v) is 2.40. The second kappa shape index (κ2) is 6.78. The first-order valence-corrected chi connectivity index (χ1v) is 7.22. The van der Waals surface area contributed by atoms with Crippen molar-refractivity contribution in [3.05, 3.63) is 58.1 Å². The highest BCUT2D eigenvalue weighted by Crippen LogP contribution is 2.29. The Bertz CT molecular complexity index is 596. The average molecular weight is 290 g/mol. The molecule has 3 heteroatoms. The third kappa shape index (κ3) is 3.53. The molecule has 2 aromatic rings. The summed E-state index contributed by atoms with van der Waals surface area (Å²) in [5.74, 6) is 1.71. The number of ether oxygens (including phenoxy) is 1. The number of aryl methyl sites for hydroxylation is 2. The molecule has 106 valence electrons. The highest BCUT2D eigenvalue weighted by atomic mass is 35.5. The lowest BCUT2D eigenvalue weighted by atomic mass is 10.1. The van der Waals surface area contributed by atoms with Crippen LogP contribution in [0.2, 0.25) is 5.02 Å². The molecule has 1 N–H and O–H groups in total. The molecule has 2 aromatic carbocycles. The molecule has 0 fully saturated rings. The summed E-state index contributed by atoms with van der Waals surface area (Å²) in [4.78, 5) is 0. The van der Waals surface area contributed by atoms with Crippen molar-refractivity contribution in [2.24, 2.45) is 0 Å². The van der Waals surface area contributed by atoms with Gasteiger partial charge in [0.2, 0.25) is 0 Å². The topological polar surface area (TPSA) is 21.3 Å². The molecular weight excluding hydrogens is 270 g/mol. The Morgan fingerprint density at radius 1 is 1.10 bits per heavy atom. The molecule has 0 aliphatic heterocycles. The number of halogens is 1. The minimum absolute atomic E-state index is 0.783. The van der Waals surface area contributed by atoms with Gasteiger partial charge in [-0.05, 0) is 50.2 Å². The summed E-state index contributed by atoms with van der Waals surface area (Å²) >= 11 is 6.14. The number of hydrogen-bond acceptors (Lipinski definition) is 2. The quantitative estimate of drug-likeness (QED) is 0.860. The van der Waals surface area contributed by atoms with Crippen molar-refractivity contribution in [2.45, 2.75) is 26.8 Å². The third-order valence-electron chi connectivity index (χ3n) is 3.21. The van der Waals surface area contributed by atoms with Crippen molar-refractivity contribution in [3.8, 4) is 11.5 Å². The number of hydrogen-bond donors (Lipinski definition) is 1. The van der Waals surface area contributed by atoms with E-state index in [4.69, 9.17) is 16.3 Å². The highest BCUT2D eigenvalue weighted by Gasteiger charge is 2.07. The van der Waals surface area contributed by atoms with Crippen LogP contribution in [0.4, 0.5) is 0 Å². The smallest absolute Gasteiger partial charge is 0.131 e. The van der Waals surface area contributed by atoms with Crippen molar-refractivity contribution in [2.75, 3.05) is 7.05 Å². The van der Waals surface area contributed by atoms with Crippen LogP contribution in [0.15, 0.2) is 36.4 Å².